The van der Waals surface area contributed by atoms with E-state index in [1.807, 2.05) is 54.1 Å². The molecule has 0 saturated heterocycles. The van der Waals surface area contributed by atoms with Crippen LogP contribution in [0.5, 0.6) is 0 Å². The molecule has 5 aromatic rings. The van der Waals surface area contributed by atoms with Crippen molar-refractivity contribution in [1.82, 2.24) is 20.0 Å². The first kappa shape index (κ1) is 19.4. The molecule has 2 N–H and O–H groups in total. The molecule has 5 nitrogen and oxygen atoms in total. The standard InChI is InChI=1S/C25H22ClN5/c1-16-22(17(2)31(30-16)19-11-7-4-8-12-19)15-27-25-21-13-20(18-9-5-3-6-10-18)23(26)14-24(21)28-29-25/h3-14H,15H2,1-2H3,(H2,27,28,29). The molecule has 0 unspecified atom stereocenters. The van der Waals surface area contributed by atoms with Crippen molar-refractivity contribution in [2.24, 2.45) is 0 Å². The lowest BCUT2D eigenvalue weighted by Gasteiger charge is -2.08. The van der Waals surface area contributed by atoms with Crippen molar-refractivity contribution < 1.29 is 0 Å². The molecule has 0 aliphatic carbocycles. The number of nitrogens with zero attached hydrogens (tertiary/aromatic N) is 3. The van der Waals surface area contributed by atoms with Gasteiger partial charge in [0.1, 0.15) is 0 Å². The predicted molar refractivity (Wildman–Crippen MR) is 127 cm³/mol. The third kappa shape index (κ3) is 3.57. The zero-order valence-corrected chi connectivity index (χ0v) is 18.1. The smallest absolute Gasteiger partial charge is 0.156 e. The highest BCUT2D eigenvalue weighted by Gasteiger charge is 2.15. The van der Waals surface area contributed by atoms with E-state index >= 15 is 0 Å². The van der Waals surface area contributed by atoms with Gasteiger partial charge in [-0.3, -0.25) is 5.10 Å². The van der Waals surface area contributed by atoms with Gasteiger partial charge in [-0.25, -0.2) is 4.68 Å². The fraction of sp³-hybridized carbons (Fsp3) is 0.120. The van der Waals surface area contributed by atoms with Gasteiger partial charge in [-0.2, -0.15) is 10.2 Å². The maximum Gasteiger partial charge on any atom is 0.156 e. The van der Waals surface area contributed by atoms with Crippen molar-refractivity contribution in [1.29, 1.82) is 0 Å². The summed E-state index contributed by atoms with van der Waals surface area (Å²) in [6.07, 6.45) is 0. The molecular weight excluding hydrogens is 406 g/mol. The van der Waals surface area contributed by atoms with Crippen LogP contribution in [0.4, 0.5) is 5.82 Å². The second kappa shape index (κ2) is 7.93. The Balaban J connectivity index is 1.46. The van der Waals surface area contributed by atoms with E-state index in [9.17, 15) is 0 Å². The molecule has 0 spiro atoms. The summed E-state index contributed by atoms with van der Waals surface area (Å²) < 4.78 is 1.99. The average Bonchev–Trinajstić information content (AvgIpc) is 3.32. The zero-order chi connectivity index (χ0) is 21.4. The lowest BCUT2D eigenvalue weighted by Crippen LogP contribution is -2.03. The number of halogens is 1. The van der Waals surface area contributed by atoms with Crippen LogP contribution in [0.3, 0.4) is 0 Å². The van der Waals surface area contributed by atoms with E-state index in [-0.39, 0.29) is 0 Å². The summed E-state index contributed by atoms with van der Waals surface area (Å²) in [5, 5.41) is 17.5. The quantitative estimate of drug-likeness (QED) is 0.346. The highest BCUT2D eigenvalue weighted by atomic mass is 35.5. The number of anilines is 1. The fourth-order valence-electron chi connectivity index (χ4n) is 3.94. The van der Waals surface area contributed by atoms with E-state index in [2.05, 4.69) is 52.8 Å². The van der Waals surface area contributed by atoms with Gasteiger partial charge in [0, 0.05) is 28.8 Å². The van der Waals surface area contributed by atoms with Crippen LogP contribution < -0.4 is 5.32 Å². The molecule has 0 radical (unpaired) electrons. The Morgan fingerprint density at radius 2 is 1.68 bits per heavy atom. The van der Waals surface area contributed by atoms with E-state index in [0.29, 0.717) is 11.6 Å². The largest absolute Gasteiger partial charge is 0.364 e. The molecule has 0 fully saturated rings. The minimum atomic E-state index is 0.633. The second-order valence-corrected chi connectivity index (χ2v) is 7.97. The van der Waals surface area contributed by atoms with Gasteiger partial charge in [0.15, 0.2) is 5.82 Å². The zero-order valence-electron chi connectivity index (χ0n) is 17.4. The molecule has 6 heteroatoms. The number of aromatic amines is 1. The van der Waals surface area contributed by atoms with Crippen LogP contribution in [-0.4, -0.2) is 20.0 Å². The molecule has 0 amide bonds. The molecule has 5 rings (SSSR count). The number of H-pyrrole nitrogens is 1. The van der Waals surface area contributed by atoms with Crippen molar-refractivity contribution >= 4 is 28.3 Å². The molecule has 154 valence electrons. The second-order valence-electron chi connectivity index (χ2n) is 7.57. The summed E-state index contributed by atoms with van der Waals surface area (Å²) >= 11 is 6.54. The Hall–Kier alpha value is -3.57. The van der Waals surface area contributed by atoms with Crippen LogP contribution in [-0.2, 0) is 6.54 Å². The first-order valence-electron chi connectivity index (χ1n) is 10.2. The molecular formula is C25H22ClN5. The minimum absolute atomic E-state index is 0.633. The van der Waals surface area contributed by atoms with Crippen LogP contribution in [0.2, 0.25) is 5.02 Å². The Kier molecular flexibility index (Phi) is 4.96. The molecule has 31 heavy (non-hydrogen) atoms. The van der Waals surface area contributed by atoms with Gasteiger partial charge < -0.3 is 5.32 Å². The number of benzene rings is 3. The van der Waals surface area contributed by atoms with Crippen molar-refractivity contribution in [3.05, 3.63) is 94.8 Å². The monoisotopic (exact) mass is 427 g/mol. The lowest BCUT2D eigenvalue weighted by molar-refractivity contribution is 0.832. The SMILES string of the molecule is Cc1nn(-c2ccccc2)c(C)c1CNc1n[nH]c2cc(Cl)c(-c3ccccc3)cc12. The number of nitrogens with one attached hydrogen (secondary N) is 2. The number of aryl methyl sites for hydroxylation is 1. The first-order chi connectivity index (χ1) is 15.1. The van der Waals surface area contributed by atoms with Crippen molar-refractivity contribution in [2.45, 2.75) is 20.4 Å². The van der Waals surface area contributed by atoms with Gasteiger partial charge >= 0.3 is 0 Å². The lowest BCUT2D eigenvalue weighted by atomic mass is 10.0. The number of hydrogen-bond donors (Lipinski definition) is 2. The Morgan fingerprint density at radius 1 is 0.968 bits per heavy atom. The highest BCUT2D eigenvalue weighted by Crippen LogP contribution is 2.34. The summed E-state index contributed by atoms with van der Waals surface area (Å²) in [6, 6.07) is 24.4. The van der Waals surface area contributed by atoms with E-state index in [4.69, 9.17) is 16.7 Å². The summed E-state index contributed by atoms with van der Waals surface area (Å²) in [4.78, 5) is 0. The van der Waals surface area contributed by atoms with E-state index in [0.717, 1.165) is 50.5 Å². The van der Waals surface area contributed by atoms with Crippen LogP contribution in [0.15, 0.2) is 72.8 Å². The van der Waals surface area contributed by atoms with Gasteiger partial charge in [0.25, 0.3) is 0 Å². The maximum absolute atomic E-state index is 6.54. The van der Waals surface area contributed by atoms with E-state index < -0.39 is 0 Å². The van der Waals surface area contributed by atoms with Crippen molar-refractivity contribution in [2.75, 3.05) is 5.32 Å². The topological polar surface area (TPSA) is 58.5 Å². The molecule has 3 aromatic carbocycles. The Bertz CT molecular complexity index is 1350. The predicted octanol–water partition coefficient (Wildman–Crippen LogP) is 6.30. The summed E-state index contributed by atoms with van der Waals surface area (Å²) in [7, 11) is 0. The van der Waals surface area contributed by atoms with Crippen LogP contribution in [0.1, 0.15) is 17.0 Å². The maximum atomic E-state index is 6.54. The Morgan fingerprint density at radius 3 is 2.42 bits per heavy atom. The van der Waals surface area contributed by atoms with E-state index in [1.165, 1.54) is 0 Å². The van der Waals surface area contributed by atoms with E-state index in [1.54, 1.807) is 0 Å². The molecule has 2 heterocycles. The number of aromatic nitrogens is 4. The van der Waals surface area contributed by atoms with Crippen LogP contribution in [0.25, 0.3) is 27.7 Å². The normalized spacial score (nSPS) is 11.2. The number of para-hydroxylation sites is 1. The van der Waals surface area contributed by atoms with Gasteiger partial charge in [-0.15, -0.1) is 0 Å². The molecule has 2 aromatic heterocycles. The number of hydrogen-bond acceptors (Lipinski definition) is 3. The fourth-order valence-corrected chi connectivity index (χ4v) is 4.21. The number of fused-ring (bicyclic) bond motifs is 1. The first-order valence-corrected chi connectivity index (χ1v) is 10.6. The van der Waals surface area contributed by atoms with Gasteiger partial charge in [-0.1, -0.05) is 60.1 Å². The molecule has 0 atom stereocenters. The van der Waals surface area contributed by atoms with Crippen LogP contribution in [0, 0.1) is 13.8 Å². The Labute approximate surface area is 185 Å². The summed E-state index contributed by atoms with van der Waals surface area (Å²) in [6.45, 7) is 4.77. The molecule has 0 aliphatic rings. The number of rotatable bonds is 5. The minimum Gasteiger partial charge on any atom is -0.364 e. The molecule has 0 aliphatic heterocycles. The van der Waals surface area contributed by atoms with Gasteiger partial charge in [0.05, 0.1) is 21.9 Å². The third-order valence-corrected chi connectivity index (χ3v) is 5.92. The van der Waals surface area contributed by atoms with Crippen molar-refractivity contribution in [3.63, 3.8) is 0 Å². The van der Waals surface area contributed by atoms with Gasteiger partial charge in [-0.05, 0) is 43.7 Å². The van der Waals surface area contributed by atoms with Crippen LogP contribution >= 0.6 is 11.6 Å². The van der Waals surface area contributed by atoms with Crippen molar-refractivity contribution in [3.8, 4) is 16.8 Å². The third-order valence-electron chi connectivity index (χ3n) is 5.61. The summed E-state index contributed by atoms with van der Waals surface area (Å²) in [5.74, 6) is 0.801. The molecule has 0 saturated carbocycles. The average molecular weight is 428 g/mol. The highest BCUT2D eigenvalue weighted by molar-refractivity contribution is 6.34. The van der Waals surface area contributed by atoms with Gasteiger partial charge in [0.2, 0.25) is 0 Å². The summed E-state index contributed by atoms with van der Waals surface area (Å²) in [5.41, 5.74) is 7.31. The molecule has 0 bridgehead atoms.